The second-order valence-electron chi connectivity index (χ2n) is 7.18. The zero-order valence-corrected chi connectivity index (χ0v) is 22.1. The molecule has 0 bridgehead atoms. The summed E-state index contributed by atoms with van der Waals surface area (Å²) >= 11 is 0. The first-order valence-electron chi connectivity index (χ1n) is 10.4. The van der Waals surface area contributed by atoms with E-state index in [4.69, 9.17) is 9.47 Å². The maximum absolute atomic E-state index is 11.7. The Morgan fingerprint density at radius 1 is 1.03 bits per heavy atom. The van der Waals surface area contributed by atoms with Crippen LogP contribution in [0.2, 0.25) is 0 Å². The van der Waals surface area contributed by atoms with Crippen LogP contribution in [-0.2, 0) is 33.4 Å². The number of aliphatic imine (C=N–C) groups is 1. The van der Waals surface area contributed by atoms with Gasteiger partial charge in [0, 0.05) is 32.6 Å². The number of sulfone groups is 1. The van der Waals surface area contributed by atoms with Gasteiger partial charge in [-0.15, -0.1) is 24.0 Å². The topological polar surface area (TPSA) is 89.0 Å². The summed E-state index contributed by atoms with van der Waals surface area (Å²) in [5, 5.41) is 6.65. The van der Waals surface area contributed by atoms with Crippen molar-refractivity contribution in [1.82, 2.24) is 10.6 Å². The van der Waals surface area contributed by atoms with Crippen LogP contribution in [0.4, 0.5) is 0 Å². The van der Waals surface area contributed by atoms with Gasteiger partial charge < -0.3 is 20.1 Å². The van der Waals surface area contributed by atoms with E-state index in [0.717, 1.165) is 35.4 Å². The fourth-order valence-electron chi connectivity index (χ4n) is 2.93. The molecule has 7 nitrogen and oxygen atoms in total. The summed E-state index contributed by atoms with van der Waals surface area (Å²) in [6.45, 7) is 5.08. The summed E-state index contributed by atoms with van der Waals surface area (Å²) in [6, 6.07) is 15.3. The van der Waals surface area contributed by atoms with E-state index in [1.807, 2.05) is 55.5 Å². The van der Waals surface area contributed by atoms with Crippen molar-refractivity contribution in [3.63, 3.8) is 0 Å². The van der Waals surface area contributed by atoms with Gasteiger partial charge in [0.1, 0.15) is 5.75 Å². The Labute approximate surface area is 208 Å². The first-order valence-corrected chi connectivity index (χ1v) is 12.4. The highest BCUT2D eigenvalue weighted by Gasteiger charge is 2.09. The lowest BCUT2D eigenvalue weighted by molar-refractivity contribution is 0.145. The largest absolute Gasteiger partial charge is 0.497 e. The van der Waals surface area contributed by atoms with Gasteiger partial charge in [-0.25, -0.2) is 13.4 Å². The minimum atomic E-state index is -3.11. The van der Waals surface area contributed by atoms with Crippen molar-refractivity contribution in [3.8, 4) is 5.75 Å². The van der Waals surface area contributed by atoms with Gasteiger partial charge in [-0.05, 0) is 42.2 Å². The SMILES string of the molecule is CCOCCCNC(=NCc1ccc(OC)cc1)NCc1ccccc1CS(C)(=O)=O.I. The lowest BCUT2D eigenvalue weighted by atomic mass is 10.1. The maximum Gasteiger partial charge on any atom is 0.191 e. The summed E-state index contributed by atoms with van der Waals surface area (Å²) < 4.78 is 34.1. The number of nitrogens with zero attached hydrogens (tertiary/aromatic N) is 1. The number of benzene rings is 2. The molecule has 2 aromatic rings. The van der Waals surface area contributed by atoms with Crippen LogP contribution in [0, 0.1) is 0 Å². The highest BCUT2D eigenvalue weighted by Crippen LogP contribution is 2.13. The molecule has 32 heavy (non-hydrogen) atoms. The van der Waals surface area contributed by atoms with Gasteiger partial charge in [0.2, 0.25) is 0 Å². The third-order valence-electron chi connectivity index (χ3n) is 4.52. The van der Waals surface area contributed by atoms with Crippen LogP contribution in [-0.4, -0.2) is 47.5 Å². The van der Waals surface area contributed by atoms with Gasteiger partial charge >= 0.3 is 0 Å². The van der Waals surface area contributed by atoms with Crippen LogP contribution in [0.15, 0.2) is 53.5 Å². The number of rotatable bonds is 12. The molecule has 0 aliphatic carbocycles. The molecule has 0 aromatic heterocycles. The number of methoxy groups -OCH3 is 1. The van der Waals surface area contributed by atoms with Crippen molar-refractivity contribution in [2.45, 2.75) is 32.2 Å². The molecule has 0 fully saturated rings. The highest BCUT2D eigenvalue weighted by atomic mass is 127. The van der Waals surface area contributed by atoms with Gasteiger partial charge in [-0.2, -0.15) is 0 Å². The first kappa shape index (κ1) is 28.2. The second-order valence-corrected chi connectivity index (χ2v) is 9.32. The number of halogens is 1. The van der Waals surface area contributed by atoms with Crippen LogP contribution < -0.4 is 15.4 Å². The zero-order valence-electron chi connectivity index (χ0n) is 19.0. The number of hydrogen-bond acceptors (Lipinski definition) is 5. The van der Waals surface area contributed by atoms with Crippen molar-refractivity contribution in [3.05, 3.63) is 65.2 Å². The predicted molar refractivity (Wildman–Crippen MR) is 140 cm³/mol. The Kier molecular flexibility index (Phi) is 13.3. The zero-order chi connectivity index (χ0) is 22.5. The quantitative estimate of drug-likeness (QED) is 0.174. The van der Waals surface area contributed by atoms with Crippen molar-refractivity contribution in [2.75, 3.05) is 33.1 Å². The first-order chi connectivity index (χ1) is 14.9. The van der Waals surface area contributed by atoms with Crippen LogP contribution >= 0.6 is 24.0 Å². The average molecular weight is 576 g/mol. The number of ether oxygens (including phenoxy) is 2. The van der Waals surface area contributed by atoms with Gasteiger partial charge in [0.05, 0.1) is 19.4 Å². The molecule has 2 N–H and O–H groups in total. The molecule has 0 radical (unpaired) electrons. The summed E-state index contributed by atoms with van der Waals surface area (Å²) in [6.07, 6.45) is 2.11. The fourth-order valence-corrected chi connectivity index (χ4v) is 3.78. The normalized spacial score (nSPS) is 11.5. The Balaban J connectivity index is 0.00000512. The van der Waals surface area contributed by atoms with Crippen LogP contribution in [0.3, 0.4) is 0 Å². The summed E-state index contributed by atoms with van der Waals surface area (Å²) in [7, 11) is -1.47. The number of guanidine groups is 1. The molecule has 0 saturated carbocycles. The molecule has 0 aliphatic heterocycles. The molecule has 0 amide bonds. The van der Waals surface area contributed by atoms with Crippen molar-refractivity contribution < 1.29 is 17.9 Å². The van der Waals surface area contributed by atoms with E-state index in [9.17, 15) is 8.42 Å². The smallest absolute Gasteiger partial charge is 0.191 e. The Morgan fingerprint density at radius 2 is 1.72 bits per heavy atom. The molecule has 9 heteroatoms. The van der Waals surface area contributed by atoms with E-state index in [-0.39, 0.29) is 29.7 Å². The van der Waals surface area contributed by atoms with Crippen molar-refractivity contribution in [2.24, 2.45) is 4.99 Å². The van der Waals surface area contributed by atoms with Crippen molar-refractivity contribution in [1.29, 1.82) is 0 Å². The average Bonchev–Trinajstić information content (AvgIpc) is 2.75. The monoisotopic (exact) mass is 575 g/mol. The van der Waals surface area contributed by atoms with Gasteiger partial charge in [-0.3, -0.25) is 0 Å². The summed E-state index contributed by atoms with van der Waals surface area (Å²) in [5.74, 6) is 1.49. The fraction of sp³-hybridized carbons (Fsp3) is 0.435. The molecule has 0 unspecified atom stereocenters. The van der Waals surface area contributed by atoms with Gasteiger partial charge in [-0.1, -0.05) is 36.4 Å². The summed E-state index contributed by atoms with van der Waals surface area (Å²) in [5.41, 5.74) is 2.79. The summed E-state index contributed by atoms with van der Waals surface area (Å²) in [4.78, 5) is 4.68. The van der Waals surface area contributed by atoms with Crippen molar-refractivity contribution >= 4 is 39.8 Å². The molecule has 0 saturated heterocycles. The van der Waals surface area contributed by atoms with Crippen LogP contribution in [0.25, 0.3) is 0 Å². The highest BCUT2D eigenvalue weighted by molar-refractivity contribution is 14.0. The standard InChI is InChI=1S/C23H33N3O4S.HI/c1-4-30-15-7-14-24-23(25-16-19-10-12-22(29-2)13-11-19)26-17-20-8-5-6-9-21(20)18-31(3,27)28;/h5-6,8-13H,4,7,14-18H2,1-3H3,(H2,24,25,26);1H. The molecule has 0 aliphatic rings. The van der Waals surface area contributed by atoms with Crippen LogP contribution in [0.5, 0.6) is 5.75 Å². The van der Waals surface area contributed by atoms with E-state index in [2.05, 4.69) is 15.6 Å². The Hall–Kier alpha value is -1.85. The minimum absolute atomic E-state index is 0. The van der Waals surface area contributed by atoms with E-state index >= 15 is 0 Å². The molecular weight excluding hydrogens is 541 g/mol. The van der Waals surface area contributed by atoms with E-state index in [1.54, 1.807) is 7.11 Å². The Bertz CT molecular complexity index is 935. The predicted octanol–water partition coefficient (Wildman–Crippen LogP) is 3.52. The molecule has 0 atom stereocenters. The lowest BCUT2D eigenvalue weighted by Gasteiger charge is -2.15. The molecule has 0 heterocycles. The molecule has 2 rings (SSSR count). The second kappa shape index (κ2) is 15.1. The maximum atomic E-state index is 11.7. The molecule has 2 aromatic carbocycles. The number of nitrogens with one attached hydrogen (secondary N) is 2. The van der Waals surface area contributed by atoms with E-state index in [0.29, 0.717) is 32.3 Å². The third kappa shape index (κ3) is 11.1. The van der Waals surface area contributed by atoms with E-state index in [1.165, 1.54) is 6.26 Å². The number of hydrogen-bond donors (Lipinski definition) is 2. The lowest BCUT2D eigenvalue weighted by Crippen LogP contribution is -2.38. The molecule has 0 spiro atoms. The molecule has 178 valence electrons. The van der Waals surface area contributed by atoms with Crippen LogP contribution in [0.1, 0.15) is 30.0 Å². The van der Waals surface area contributed by atoms with Gasteiger partial charge in [0.25, 0.3) is 0 Å². The van der Waals surface area contributed by atoms with Gasteiger partial charge in [0.15, 0.2) is 15.8 Å². The third-order valence-corrected chi connectivity index (χ3v) is 5.36. The Morgan fingerprint density at radius 3 is 2.34 bits per heavy atom. The van der Waals surface area contributed by atoms with E-state index < -0.39 is 9.84 Å². The molecular formula is C23H34IN3O4S. The minimum Gasteiger partial charge on any atom is -0.497 e.